The number of aryl methyl sites for hydroxylation is 1. The van der Waals surface area contributed by atoms with E-state index < -0.39 is 16.1 Å². The molecule has 5 nitrogen and oxygen atoms in total. The van der Waals surface area contributed by atoms with Crippen molar-refractivity contribution in [2.45, 2.75) is 31.0 Å². The summed E-state index contributed by atoms with van der Waals surface area (Å²) in [6, 6.07) is -0.465. The van der Waals surface area contributed by atoms with Gasteiger partial charge in [0.2, 0.25) is 0 Å². The number of sulfonamides is 1. The quantitative estimate of drug-likeness (QED) is 0.822. The maximum Gasteiger partial charge on any atom is 0.252 e. The second kappa shape index (κ2) is 5.22. The van der Waals surface area contributed by atoms with Gasteiger partial charge in [-0.05, 0) is 12.8 Å². The first-order chi connectivity index (χ1) is 7.36. The van der Waals surface area contributed by atoms with Gasteiger partial charge in [-0.15, -0.1) is 11.3 Å². The highest BCUT2D eigenvalue weighted by Gasteiger charge is 2.23. The van der Waals surface area contributed by atoms with Gasteiger partial charge in [-0.25, -0.2) is 18.1 Å². The van der Waals surface area contributed by atoms with Gasteiger partial charge in [-0.1, -0.05) is 13.8 Å². The molecule has 0 radical (unpaired) electrons. The van der Waals surface area contributed by atoms with Crippen molar-refractivity contribution in [3.63, 3.8) is 0 Å². The number of nitrogens with one attached hydrogen (secondary N) is 1. The van der Waals surface area contributed by atoms with Crippen molar-refractivity contribution in [3.8, 4) is 0 Å². The molecule has 1 aromatic heterocycles. The highest BCUT2D eigenvalue weighted by molar-refractivity contribution is 7.91. The number of aliphatic hydroxyl groups excluding tert-OH is 1. The summed E-state index contributed by atoms with van der Waals surface area (Å²) in [5, 5.41) is 9.77. The van der Waals surface area contributed by atoms with Crippen LogP contribution in [0.1, 0.15) is 18.9 Å². The molecule has 2 N–H and O–H groups in total. The molecule has 0 amide bonds. The Morgan fingerprint density at radius 1 is 1.56 bits per heavy atom. The Morgan fingerprint density at radius 3 is 2.56 bits per heavy atom. The molecule has 0 spiro atoms. The third-order valence-corrected chi connectivity index (χ3v) is 5.04. The van der Waals surface area contributed by atoms with Crippen molar-refractivity contribution < 1.29 is 13.5 Å². The second-order valence-electron chi connectivity index (χ2n) is 3.85. The molecule has 92 valence electrons. The number of rotatable bonds is 5. The lowest BCUT2D eigenvalue weighted by Gasteiger charge is -2.18. The molecule has 0 saturated heterocycles. The molecule has 0 aliphatic rings. The Balaban J connectivity index is 2.87. The van der Waals surface area contributed by atoms with Crippen LogP contribution in [0.4, 0.5) is 0 Å². The van der Waals surface area contributed by atoms with Gasteiger partial charge in [0.1, 0.15) is 0 Å². The summed E-state index contributed by atoms with van der Waals surface area (Å²) in [6.45, 7) is 5.23. The van der Waals surface area contributed by atoms with E-state index in [1.54, 1.807) is 6.92 Å². The zero-order valence-electron chi connectivity index (χ0n) is 9.47. The van der Waals surface area contributed by atoms with Gasteiger partial charge in [0.05, 0.1) is 17.8 Å². The van der Waals surface area contributed by atoms with E-state index in [0.717, 1.165) is 11.3 Å². The number of aromatic nitrogens is 1. The standard InChI is InChI=1S/C9H16N2O3S2/c1-6(2)8(5-12)11-16(13,14)9-4-10-7(3)15-9/h4,6,8,11-12H,5H2,1-3H3. The smallest absolute Gasteiger partial charge is 0.252 e. The SMILES string of the molecule is Cc1ncc(S(=O)(=O)NC(CO)C(C)C)s1. The van der Waals surface area contributed by atoms with Crippen molar-refractivity contribution in [2.75, 3.05) is 6.61 Å². The zero-order chi connectivity index (χ0) is 12.3. The van der Waals surface area contributed by atoms with Crippen LogP contribution in [-0.4, -0.2) is 31.2 Å². The topological polar surface area (TPSA) is 79.3 Å². The largest absolute Gasteiger partial charge is 0.395 e. The maximum absolute atomic E-state index is 11.9. The minimum atomic E-state index is -3.55. The lowest BCUT2D eigenvalue weighted by Crippen LogP contribution is -2.40. The van der Waals surface area contributed by atoms with Gasteiger partial charge in [0, 0.05) is 6.04 Å². The van der Waals surface area contributed by atoms with Crippen molar-refractivity contribution in [3.05, 3.63) is 11.2 Å². The number of thiazole rings is 1. The van der Waals surface area contributed by atoms with Gasteiger partial charge >= 0.3 is 0 Å². The van der Waals surface area contributed by atoms with Crippen molar-refractivity contribution in [1.82, 2.24) is 9.71 Å². The monoisotopic (exact) mass is 264 g/mol. The van der Waals surface area contributed by atoms with Gasteiger partial charge < -0.3 is 5.11 Å². The summed E-state index contributed by atoms with van der Waals surface area (Å²) in [5.74, 6) is 0.0359. The van der Waals surface area contributed by atoms with Crippen LogP contribution >= 0.6 is 11.3 Å². The molecule has 16 heavy (non-hydrogen) atoms. The van der Waals surface area contributed by atoms with Gasteiger partial charge in [-0.2, -0.15) is 0 Å². The molecule has 0 aliphatic carbocycles. The first-order valence-electron chi connectivity index (χ1n) is 4.92. The summed E-state index contributed by atoms with van der Waals surface area (Å²) in [4.78, 5) is 3.90. The molecule has 1 rings (SSSR count). The molecular formula is C9H16N2O3S2. The third-order valence-electron chi connectivity index (χ3n) is 2.17. The fraction of sp³-hybridized carbons (Fsp3) is 0.667. The van der Waals surface area contributed by atoms with E-state index in [1.807, 2.05) is 13.8 Å². The molecule has 0 aromatic carbocycles. The predicted molar refractivity (Wildman–Crippen MR) is 62.9 cm³/mol. The zero-order valence-corrected chi connectivity index (χ0v) is 11.1. The van der Waals surface area contributed by atoms with E-state index in [4.69, 9.17) is 5.11 Å². The molecule has 0 saturated carbocycles. The van der Waals surface area contributed by atoms with Crippen LogP contribution in [0.15, 0.2) is 10.4 Å². The Kier molecular flexibility index (Phi) is 4.43. The minimum absolute atomic E-state index is 0.0359. The Labute approximate surface area is 99.6 Å². The first kappa shape index (κ1) is 13.6. The molecule has 0 fully saturated rings. The maximum atomic E-state index is 11.9. The van der Waals surface area contributed by atoms with E-state index in [9.17, 15) is 8.42 Å². The number of hydrogen-bond acceptors (Lipinski definition) is 5. The van der Waals surface area contributed by atoms with Crippen LogP contribution in [0, 0.1) is 12.8 Å². The third kappa shape index (κ3) is 3.24. The van der Waals surface area contributed by atoms with Crippen LogP contribution in [0.3, 0.4) is 0 Å². The summed E-state index contributed by atoms with van der Waals surface area (Å²) in [6.07, 6.45) is 1.33. The van der Waals surface area contributed by atoms with E-state index in [1.165, 1.54) is 6.20 Å². The first-order valence-corrected chi connectivity index (χ1v) is 7.22. The van der Waals surface area contributed by atoms with Gasteiger partial charge in [0.15, 0.2) is 4.21 Å². The molecule has 0 aliphatic heterocycles. The van der Waals surface area contributed by atoms with Crippen molar-refractivity contribution in [2.24, 2.45) is 5.92 Å². The Bertz CT molecular complexity index is 439. The lowest BCUT2D eigenvalue weighted by molar-refractivity contribution is 0.228. The van der Waals surface area contributed by atoms with Crippen LogP contribution in [0.2, 0.25) is 0 Å². The molecule has 1 heterocycles. The molecule has 1 atom stereocenters. The fourth-order valence-electron chi connectivity index (χ4n) is 1.11. The van der Waals surface area contributed by atoms with Gasteiger partial charge in [0.25, 0.3) is 10.0 Å². The molecular weight excluding hydrogens is 248 g/mol. The molecule has 0 bridgehead atoms. The van der Waals surface area contributed by atoms with E-state index in [-0.39, 0.29) is 16.7 Å². The van der Waals surface area contributed by atoms with Crippen LogP contribution in [0.25, 0.3) is 0 Å². The minimum Gasteiger partial charge on any atom is -0.395 e. The number of aliphatic hydroxyl groups is 1. The predicted octanol–water partition coefficient (Wildman–Crippen LogP) is 0.747. The number of nitrogens with zero attached hydrogens (tertiary/aromatic N) is 1. The highest BCUT2D eigenvalue weighted by Crippen LogP contribution is 2.18. The van der Waals surface area contributed by atoms with Gasteiger partial charge in [-0.3, -0.25) is 0 Å². The molecule has 1 unspecified atom stereocenters. The van der Waals surface area contributed by atoms with E-state index in [0.29, 0.717) is 5.01 Å². The van der Waals surface area contributed by atoms with Crippen LogP contribution in [0.5, 0.6) is 0 Å². The average Bonchev–Trinajstić information content (AvgIpc) is 2.61. The summed E-state index contributed by atoms with van der Waals surface area (Å²) < 4.78 is 26.4. The highest BCUT2D eigenvalue weighted by atomic mass is 32.2. The normalized spacial score (nSPS) is 14.3. The lowest BCUT2D eigenvalue weighted by atomic mass is 10.1. The fourth-order valence-corrected chi connectivity index (χ4v) is 3.61. The van der Waals surface area contributed by atoms with Crippen LogP contribution in [-0.2, 0) is 10.0 Å². The van der Waals surface area contributed by atoms with Crippen molar-refractivity contribution >= 4 is 21.4 Å². The van der Waals surface area contributed by atoms with Crippen molar-refractivity contribution in [1.29, 1.82) is 0 Å². The summed E-state index contributed by atoms with van der Waals surface area (Å²) in [7, 11) is -3.55. The molecule has 7 heteroatoms. The molecule has 1 aromatic rings. The van der Waals surface area contributed by atoms with Crippen LogP contribution < -0.4 is 4.72 Å². The second-order valence-corrected chi connectivity index (χ2v) is 7.03. The summed E-state index contributed by atoms with van der Waals surface area (Å²) in [5.41, 5.74) is 0. The Hall–Kier alpha value is -0.500. The van der Waals surface area contributed by atoms with E-state index >= 15 is 0 Å². The Morgan fingerprint density at radius 2 is 2.19 bits per heavy atom. The average molecular weight is 264 g/mol. The van der Waals surface area contributed by atoms with E-state index in [2.05, 4.69) is 9.71 Å². The number of hydrogen-bond donors (Lipinski definition) is 2. The summed E-state index contributed by atoms with van der Waals surface area (Å²) >= 11 is 1.12.